The first-order valence-electron chi connectivity index (χ1n) is 8.34. The molecule has 114 valence electrons. The van der Waals surface area contributed by atoms with Crippen LogP contribution >= 0.6 is 0 Å². The minimum Gasteiger partial charge on any atom is -0.313 e. The Morgan fingerprint density at radius 1 is 1.35 bits per heavy atom. The van der Waals surface area contributed by atoms with E-state index in [1.54, 1.807) is 6.33 Å². The second-order valence-electron chi connectivity index (χ2n) is 6.34. The van der Waals surface area contributed by atoms with Crippen molar-refractivity contribution in [3.8, 4) is 0 Å². The van der Waals surface area contributed by atoms with Gasteiger partial charge in [0.05, 0.1) is 0 Å². The van der Waals surface area contributed by atoms with Gasteiger partial charge in [-0.05, 0) is 44.1 Å². The zero-order valence-corrected chi connectivity index (χ0v) is 13.3. The molecule has 20 heavy (non-hydrogen) atoms. The maximum Gasteiger partial charge on any atom is 0.138 e. The lowest BCUT2D eigenvalue weighted by atomic mass is 9.94. The predicted octanol–water partition coefficient (Wildman–Crippen LogP) is 3.04. The van der Waals surface area contributed by atoms with Crippen molar-refractivity contribution in [2.75, 3.05) is 6.54 Å². The highest BCUT2D eigenvalue weighted by atomic mass is 15.3. The fraction of sp³-hybridized carbons (Fsp3) is 0.875. The van der Waals surface area contributed by atoms with Crippen LogP contribution in [0.2, 0.25) is 0 Å². The van der Waals surface area contributed by atoms with Gasteiger partial charge in [0.1, 0.15) is 12.2 Å². The Labute approximate surface area is 123 Å². The number of rotatable bonds is 8. The second-order valence-corrected chi connectivity index (χ2v) is 6.34. The largest absolute Gasteiger partial charge is 0.313 e. The Morgan fingerprint density at radius 3 is 2.85 bits per heavy atom. The van der Waals surface area contributed by atoms with Gasteiger partial charge in [0.2, 0.25) is 0 Å². The van der Waals surface area contributed by atoms with Crippen LogP contribution in [-0.2, 0) is 13.0 Å². The first-order valence-corrected chi connectivity index (χ1v) is 8.34. The van der Waals surface area contributed by atoms with E-state index in [9.17, 15) is 0 Å². The Hall–Kier alpha value is -0.900. The number of nitrogens with one attached hydrogen (secondary N) is 1. The van der Waals surface area contributed by atoms with Gasteiger partial charge < -0.3 is 5.32 Å². The summed E-state index contributed by atoms with van der Waals surface area (Å²) in [6.07, 6.45) is 9.16. The highest BCUT2D eigenvalue weighted by Crippen LogP contribution is 2.33. The molecule has 0 aliphatic heterocycles. The molecule has 1 N–H and O–H groups in total. The lowest BCUT2D eigenvalue weighted by Crippen LogP contribution is -2.38. The van der Waals surface area contributed by atoms with Crippen LogP contribution in [0.15, 0.2) is 6.33 Å². The zero-order valence-electron chi connectivity index (χ0n) is 13.3. The number of aromatic nitrogens is 3. The molecule has 3 unspecified atom stereocenters. The van der Waals surface area contributed by atoms with Gasteiger partial charge in [-0.25, -0.2) is 4.98 Å². The average Bonchev–Trinajstić information content (AvgIpc) is 3.04. The van der Waals surface area contributed by atoms with Gasteiger partial charge in [-0.2, -0.15) is 5.10 Å². The summed E-state index contributed by atoms with van der Waals surface area (Å²) in [5, 5.41) is 8.12. The molecular formula is C16H30N4. The molecule has 0 amide bonds. The van der Waals surface area contributed by atoms with E-state index in [1.807, 2.05) is 0 Å². The molecule has 4 nitrogen and oxygen atoms in total. The number of nitrogens with zero attached hydrogens (tertiary/aromatic N) is 3. The Morgan fingerprint density at radius 2 is 2.20 bits per heavy atom. The lowest BCUT2D eigenvalue weighted by molar-refractivity contribution is 0.339. The third kappa shape index (κ3) is 4.05. The van der Waals surface area contributed by atoms with Crippen molar-refractivity contribution in [1.29, 1.82) is 0 Å². The Kier molecular flexibility index (Phi) is 6.02. The van der Waals surface area contributed by atoms with E-state index in [0.717, 1.165) is 43.6 Å². The summed E-state index contributed by atoms with van der Waals surface area (Å²) in [6.45, 7) is 8.91. The van der Waals surface area contributed by atoms with E-state index in [1.165, 1.54) is 25.7 Å². The molecule has 0 spiro atoms. The molecule has 1 aliphatic rings. The standard InChI is InChI=1S/C16H30N4/c1-4-8-17-15(14-7-6-13(3)10-14)11-16-18-12-19-20(16)9-5-2/h12-15,17H,4-11H2,1-3H3. The summed E-state index contributed by atoms with van der Waals surface area (Å²) in [5.41, 5.74) is 0. The fourth-order valence-corrected chi connectivity index (χ4v) is 3.39. The highest BCUT2D eigenvalue weighted by molar-refractivity contribution is 4.94. The fourth-order valence-electron chi connectivity index (χ4n) is 3.39. The van der Waals surface area contributed by atoms with Gasteiger partial charge in [0.15, 0.2) is 0 Å². The summed E-state index contributed by atoms with van der Waals surface area (Å²) in [7, 11) is 0. The van der Waals surface area contributed by atoms with Crippen LogP contribution in [0.25, 0.3) is 0 Å². The Balaban J connectivity index is 2.00. The van der Waals surface area contributed by atoms with E-state index in [-0.39, 0.29) is 0 Å². The van der Waals surface area contributed by atoms with Gasteiger partial charge in [0, 0.05) is 19.0 Å². The highest BCUT2D eigenvalue weighted by Gasteiger charge is 2.29. The lowest BCUT2D eigenvalue weighted by Gasteiger charge is -2.25. The molecule has 0 bridgehead atoms. The van der Waals surface area contributed by atoms with E-state index >= 15 is 0 Å². The van der Waals surface area contributed by atoms with E-state index < -0.39 is 0 Å². The minimum absolute atomic E-state index is 0.569. The van der Waals surface area contributed by atoms with Crippen molar-refractivity contribution >= 4 is 0 Å². The summed E-state index contributed by atoms with van der Waals surface area (Å²) in [6, 6.07) is 0.569. The van der Waals surface area contributed by atoms with Crippen LogP contribution in [-0.4, -0.2) is 27.4 Å². The molecular weight excluding hydrogens is 248 g/mol. The molecule has 1 aliphatic carbocycles. The van der Waals surface area contributed by atoms with Crippen molar-refractivity contribution in [3.05, 3.63) is 12.2 Å². The van der Waals surface area contributed by atoms with Crippen molar-refractivity contribution < 1.29 is 0 Å². The minimum atomic E-state index is 0.569. The van der Waals surface area contributed by atoms with Gasteiger partial charge in [-0.15, -0.1) is 0 Å². The zero-order chi connectivity index (χ0) is 14.4. The maximum atomic E-state index is 4.48. The first kappa shape index (κ1) is 15.5. The summed E-state index contributed by atoms with van der Waals surface area (Å²) in [5.74, 6) is 2.85. The molecule has 2 rings (SSSR count). The number of hydrogen-bond donors (Lipinski definition) is 1. The molecule has 0 radical (unpaired) electrons. The Bertz CT molecular complexity index is 388. The molecule has 4 heteroatoms. The van der Waals surface area contributed by atoms with Crippen LogP contribution in [0.4, 0.5) is 0 Å². The predicted molar refractivity (Wildman–Crippen MR) is 82.6 cm³/mol. The van der Waals surface area contributed by atoms with Gasteiger partial charge in [-0.1, -0.05) is 27.2 Å². The topological polar surface area (TPSA) is 42.7 Å². The molecule has 0 aromatic carbocycles. The van der Waals surface area contributed by atoms with Gasteiger partial charge >= 0.3 is 0 Å². The van der Waals surface area contributed by atoms with E-state index in [0.29, 0.717) is 6.04 Å². The second kappa shape index (κ2) is 7.77. The average molecular weight is 278 g/mol. The van der Waals surface area contributed by atoms with Crippen LogP contribution < -0.4 is 5.32 Å². The van der Waals surface area contributed by atoms with E-state index in [2.05, 4.69) is 40.9 Å². The third-order valence-corrected chi connectivity index (χ3v) is 4.49. The molecule has 1 heterocycles. The summed E-state index contributed by atoms with van der Waals surface area (Å²) >= 11 is 0. The number of aryl methyl sites for hydroxylation is 1. The van der Waals surface area contributed by atoms with Crippen molar-refractivity contribution in [2.24, 2.45) is 11.8 Å². The first-order chi connectivity index (χ1) is 9.74. The SMILES string of the molecule is CCCNC(Cc1ncnn1CCC)C1CCC(C)C1. The van der Waals surface area contributed by atoms with Crippen LogP contribution in [0.3, 0.4) is 0 Å². The summed E-state index contributed by atoms with van der Waals surface area (Å²) in [4.78, 5) is 4.48. The quantitative estimate of drug-likeness (QED) is 0.795. The van der Waals surface area contributed by atoms with Crippen LogP contribution in [0.1, 0.15) is 58.7 Å². The molecule has 1 fully saturated rings. The van der Waals surface area contributed by atoms with Crippen molar-refractivity contribution in [2.45, 2.75) is 71.9 Å². The number of hydrogen-bond acceptors (Lipinski definition) is 3. The normalized spacial score (nSPS) is 24.1. The van der Waals surface area contributed by atoms with Crippen LogP contribution in [0, 0.1) is 11.8 Å². The molecule has 0 saturated heterocycles. The van der Waals surface area contributed by atoms with E-state index in [4.69, 9.17) is 0 Å². The monoisotopic (exact) mass is 278 g/mol. The molecule has 1 aromatic rings. The molecule has 1 aromatic heterocycles. The van der Waals surface area contributed by atoms with Crippen molar-refractivity contribution in [1.82, 2.24) is 20.1 Å². The smallest absolute Gasteiger partial charge is 0.138 e. The van der Waals surface area contributed by atoms with Crippen LogP contribution in [0.5, 0.6) is 0 Å². The molecule has 3 atom stereocenters. The summed E-state index contributed by atoms with van der Waals surface area (Å²) < 4.78 is 2.08. The van der Waals surface area contributed by atoms with Gasteiger partial charge in [0.25, 0.3) is 0 Å². The van der Waals surface area contributed by atoms with Gasteiger partial charge in [-0.3, -0.25) is 4.68 Å². The van der Waals surface area contributed by atoms with Crippen molar-refractivity contribution in [3.63, 3.8) is 0 Å². The maximum absolute atomic E-state index is 4.48. The third-order valence-electron chi connectivity index (χ3n) is 4.49. The molecule has 1 saturated carbocycles.